The average molecular weight is 201 g/mol. The van der Waals surface area contributed by atoms with Crippen LogP contribution >= 0.6 is 0 Å². The Hall–Kier alpha value is -0.990. The second-order valence-corrected chi connectivity index (χ2v) is 3.24. The number of hydrogen-bond acceptors (Lipinski definition) is 0. The molecule has 1 aromatic rings. The minimum absolute atomic E-state index is 0.340. The van der Waals surface area contributed by atoms with Crippen LogP contribution in [0.15, 0.2) is 18.2 Å². The van der Waals surface area contributed by atoms with Gasteiger partial charge in [-0.25, -0.2) is 0 Å². The van der Waals surface area contributed by atoms with Crippen molar-refractivity contribution in [2.24, 2.45) is 0 Å². The Morgan fingerprint density at radius 1 is 1.29 bits per heavy atom. The van der Waals surface area contributed by atoms with Gasteiger partial charge in [-0.2, -0.15) is 13.2 Å². The molecule has 0 nitrogen and oxygen atoms in total. The van der Waals surface area contributed by atoms with E-state index >= 15 is 0 Å². The lowest BCUT2D eigenvalue weighted by Gasteiger charge is -2.12. The quantitative estimate of drug-likeness (QED) is 0.682. The number of halogens is 3. The zero-order chi connectivity index (χ0) is 10.8. The van der Waals surface area contributed by atoms with E-state index in [1.165, 1.54) is 12.1 Å². The van der Waals surface area contributed by atoms with E-state index < -0.39 is 11.7 Å². The second-order valence-electron chi connectivity index (χ2n) is 3.24. The summed E-state index contributed by atoms with van der Waals surface area (Å²) < 4.78 is 37.4. The summed E-state index contributed by atoms with van der Waals surface area (Å²) in [6.45, 7) is 5.48. The largest absolute Gasteiger partial charge is 0.416 e. The van der Waals surface area contributed by atoms with Crippen molar-refractivity contribution in [3.8, 4) is 0 Å². The third kappa shape index (κ3) is 2.50. The van der Waals surface area contributed by atoms with E-state index in [0.29, 0.717) is 24.0 Å². The molecule has 0 aliphatic rings. The molecule has 0 unspecified atom stereocenters. The molecule has 1 aromatic carbocycles. The molecule has 0 spiro atoms. The van der Waals surface area contributed by atoms with Gasteiger partial charge < -0.3 is 0 Å². The van der Waals surface area contributed by atoms with Crippen molar-refractivity contribution in [3.05, 3.63) is 41.8 Å². The molecule has 77 valence electrons. The Balaban J connectivity index is 3.15. The topological polar surface area (TPSA) is 0 Å². The summed E-state index contributed by atoms with van der Waals surface area (Å²) in [4.78, 5) is 0. The van der Waals surface area contributed by atoms with E-state index in [1.807, 2.05) is 6.92 Å². The van der Waals surface area contributed by atoms with Crippen LogP contribution in [0.5, 0.6) is 0 Å². The molecule has 0 aliphatic carbocycles. The molecule has 0 amide bonds. The third-order valence-electron chi connectivity index (χ3n) is 1.99. The van der Waals surface area contributed by atoms with Crippen LogP contribution in [0.2, 0.25) is 0 Å². The van der Waals surface area contributed by atoms with Gasteiger partial charge in [-0.3, -0.25) is 0 Å². The molecule has 0 bridgehead atoms. The normalized spacial score (nSPS) is 11.8. The number of hydrogen-bond donors (Lipinski definition) is 0. The number of aryl methyl sites for hydroxylation is 1. The molecule has 0 heterocycles. The van der Waals surface area contributed by atoms with Gasteiger partial charge in [0.25, 0.3) is 0 Å². The number of alkyl halides is 3. The molecule has 0 saturated carbocycles. The smallest absolute Gasteiger partial charge is 0.166 e. The van der Waals surface area contributed by atoms with E-state index in [2.05, 4.69) is 6.92 Å². The lowest BCUT2D eigenvalue weighted by molar-refractivity contribution is -0.138. The minimum Gasteiger partial charge on any atom is -0.166 e. The summed E-state index contributed by atoms with van der Waals surface area (Å²) in [5, 5.41) is 0. The fraction of sp³-hybridized carbons (Fsp3) is 0.364. The molecule has 14 heavy (non-hydrogen) atoms. The molecule has 1 radical (unpaired) electrons. The van der Waals surface area contributed by atoms with Gasteiger partial charge in [-0.05, 0) is 30.5 Å². The van der Waals surface area contributed by atoms with Crippen molar-refractivity contribution in [2.75, 3.05) is 0 Å². The van der Waals surface area contributed by atoms with Crippen molar-refractivity contribution in [1.82, 2.24) is 0 Å². The first-order valence-electron chi connectivity index (χ1n) is 4.47. The van der Waals surface area contributed by atoms with Gasteiger partial charge in [0, 0.05) is 0 Å². The van der Waals surface area contributed by atoms with Crippen LogP contribution in [-0.4, -0.2) is 0 Å². The SMILES string of the molecule is [CH2]c1ccc(C(F)(F)F)c(CCC)c1. The zero-order valence-electron chi connectivity index (χ0n) is 7.99. The highest BCUT2D eigenvalue weighted by Crippen LogP contribution is 2.32. The maximum atomic E-state index is 12.5. The van der Waals surface area contributed by atoms with Crippen LogP contribution in [0, 0.1) is 6.92 Å². The Bertz CT molecular complexity index is 313. The number of benzene rings is 1. The first-order chi connectivity index (χ1) is 6.45. The molecule has 3 heteroatoms. The van der Waals surface area contributed by atoms with Gasteiger partial charge in [0.05, 0.1) is 5.56 Å². The van der Waals surface area contributed by atoms with Crippen LogP contribution in [-0.2, 0) is 12.6 Å². The summed E-state index contributed by atoms with van der Waals surface area (Å²) in [5.41, 5.74) is 0.431. The van der Waals surface area contributed by atoms with Gasteiger partial charge in [-0.1, -0.05) is 25.5 Å². The standard InChI is InChI=1S/C11H12F3/c1-3-4-9-7-8(2)5-6-10(9)11(12,13)14/h5-7H,2-4H2,1H3. The maximum absolute atomic E-state index is 12.5. The second kappa shape index (κ2) is 4.03. The van der Waals surface area contributed by atoms with Crippen molar-refractivity contribution >= 4 is 0 Å². The molecule has 0 N–H and O–H groups in total. The van der Waals surface area contributed by atoms with Crippen molar-refractivity contribution < 1.29 is 13.2 Å². The number of rotatable bonds is 2. The van der Waals surface area contributed by atoms with Crippen molar-refractivity contribution in [1.29, 1.82) is 0 Å². The van der Waals surface area contributed by atoms with Crippen molar-refractivity contribution in [3.63, 3.8) is 0 Å². The summed E-state index contributed by atoms with van der Waals surface area (Å²) in [6.07, 6.45) is -3.11. The fourth-order valence-corrected chi connectivity index (χ4v) is 1.40. The lowest BCUT2D eigenvalue weighted by Crippen LogP contribution is -2.09. The molecule has 0 atom stereocenters. The Morgan fingerprint density at radius 3 is 2.43 bits per heavy atom. The van der Waals surface area contributed by atoms with Crippen LogP contribution in [0.1, 0.15) is 30.0 Å². The highest BCUT2D eigenvalue weighted by atomic mass is 19.4. The Labute approximate surface area is 81.8 Å². The summed E-state index contributed by atoms with van der Waals surface area (Å²) in [7, 11) is 0. The first kappa shape index (κ1) is 11.1. The Kier molecular flexibility index (Phi) is 3.19. The summed E-state index contributed by atoms with van der Waals surface area (Å²) in [6, 6.07) is 4.00. The van der Waals surface area contributed by atoms with E-state index in [0.717, 1.165) is 6.07 Å². The zero-order valence-corrected chi connectivity index (χ0v) is 7.99. The summed E-state index contributed by atoms with van der Waals surface area (Å²) >= 11 is 0. The molecule has 0 aromatic heterocycles. The maximum Gasteiger partial charge on any atom is 0.416 e. The highest BCUT2D eigenvalue weighted by molar-refractivity contribution is 5.35. The van der Waals surface area contributed by atoms with Crippen LogP contribution in [0.3, 0.4) is 0 Å². The van der Waals surface area contributed by atoms with E-state index in [-0.39, 0.29) is 0 Å². The molecular weight excluding hydrogens is 189 g/mol. The lowest BCUT2D eigenvalue weighted by atomic mass is 10.0. The molecule has 0 aliphatic heterocycles. The van der Waals surface area contributed by atoms with Crippen LogP contribution in [0.4, 0.5) is 13.2 Å². The predicted octanol–water partition coefficient (Wildman–Crippen LogP) is 3.84. The van der Waals surface area contributed by atoms with Gasteiger partial charge >= 0.3 is 6.18 Å². The van der Waals surface area contributed by atoms with Gasteiger partial charge in [0.15, 0.2) is 0 Å². The predicted molar refractivity (Wildman–Crippen MR) is 49.9 cm³/mol. The van der Waals surface area contributed by atoms with E-state index in [9.17, 15) is 13.2 Å². The molecule has 0 saturated heterocycles. The van der Waals surface area contributed by atoms with Gasteiger partial charge in [-0.15, -0.1) is 0 Å². The first-order valence-corrected chi connectivity index (χ1v) is 4.47. The van der Waals surface area contributed by atoms with Gasteiger partial charge in [0.2, 0.25) is 0 Å². The highest BCUT2D eigenvalue weighted by Gasteiger charge is 2.32. The molecule has 0 fully saturated rings. The monoisotopic (exact) mass is 201 g/mol. The fourth-order valence-electron chi connectivity index (χ4n) is 1.40. The van der Waals surface area contributed by atoms with Crippen molar-refractivity contribution in [2.45, 2.75) is 25.9 Å². The van der Waals surface area contributed by atoms with Gasteiger partial charge in [0.1, 0.15) is 0 Å². The summed E-state index contributed by atoms with van der Waals surface area (Å²) in [5.74, 6) is 0. The third-order valence-corrected chi connectivity index (χ3v) is 1.99. The van der Waals surface area contributed by atoms with Crippen LogP contribution < -0.4 is 0 Å². The molecule has 1 rings (SSSR count). The van der Waals surface area contributed by atoms with E-state index in [1.54, 1.807) is 0 Å². The molecular formula is C11H12F3. The minimum atomic E-state index is -4.25. The van der Waals surface area contributed by atoms with Crippen LogP contribution in [0.25, 0.3) is 0 Å². The Morgan fingerprint density at radius 2 is 1.93 bits per heavy atom. The average Bonchev–Trinajstić information content (AvgIpc) is 2.02. The van der Waals surface area contributed by atoms with E-state index in [4.69, 9.17) is 0 Å².